The summed E-state index contributed by atoms with van der Waals surface area (Å²) in [5.41, 5.74) is 8.69. The molecule has 3 heteroatoms. The molecule has 2 N–H and O–H groups in total. The van der Waals surface area contributed by atoms with Gasteiger partial charge in [-0.3, -0.25) is 0 Å². The predicted octanol–water partition coefficient (Wildman–Crippen LogP) is 3.33. The third-order valence-electron chi connectivity index (χ3n) is 3.65. The van der Waals surface area contributed by atoms with Gasteiger partial charge in [-0.05, 0) is 57.4 Å². The normalized spacial score (nSPS) is 18.7. The van der Waals surface area contributed by atoms with Gasteiger partial charge in [0.05, 0.1) is 0 Å². The van der Waals surface area contributed by atoms with Crippen molar-refractivity contribution < 1.29 is 0 Å². The lowest BCUT2D eigenvalue weighted by molar-refractivity contribution is 0.516. The maximum Gasteiger partial charge on any atom is 0.0415 e. The lowest BCUT2D eigenvalue weighted by atomic mass is 10.00. The SMILES string of the molecule is CC1(C)CCCN1c1cc(Br)ccc1CCN. The van der Waals surface area contributed by atoms with Crippen molar-refractivity contribution >= 4 is 21.6 Å². The maximum atomic E-state index is 5.70. The van der Waals surface area contributed by atoms with Gasteiger partial charge in [-0.1, -0.05) is 22.0 Å². The van der Waals surface area contributed by atoms with Gasteiger partial charge in [-0.2, -0.15) is 0 Å². The van der Waals surface area contributed by atoms with Crippen molar-refractivity contribution in [3.05, 3.63) is 28.2 Å². The summed E-state index contributed by atoms with van der Waals surface area (Å²) in [5, 5.41) is 0. The van der Waals surface area contributed by atoms with Crippen LogP contribution < -0.4 is 10.6 Å². The van der Waals surface area contributed by atoms with E-state index < -0.39 is 0 Å². The summed E-state index contributed by atoms with van der Waals surface area (Å²) in [5.74, 6) is 0. The van der Waals surface area contributed by atoms with Gasteiger partial charge in [0.15, 0.2) is 0 Å². The van der Waals surface area contributed by atoms with Crippen LogP contribution in [0.4, 0.5) is 5.69 Å². The molecule has 1 heterocycles. The number of nitrogens with two attached hydrogens (primary N) is 1. The Morgan fingerprint density at radius 3 is 2.76 bits per heavy atom. The number of rotatable bonds is 3. The average Bonchev–Trinajstić information content (AvgIpc) is 2.61. The summed E-state index contributed by atoms with van der Waals surface area (Å²) in [4.78, 5) is 2.53. The van der Waals surface area contributed by atoms with Crippen molar-refractivity contribution in [1.82, 2.24) is 0 Å². The number of anilines is 1. The van der Waals surface area contributed by atoms with Crippen LogP contribution in [0.1, 0.15) is 32.3 Å². The summed E-state index contributed by atoms with van der Waals surface area (Å²) in [6.07, 6.45) is 3.50. The second-order valence-electron chi connectivity index (χ2n) is 5.38. The molecule has 1 aromatic rings. The molecule has 1 aliphatic heterocycles. The first kappa shape index (κ1) is 12.9. The zero-order valence-electron chi connectivity index (χ0n) is 10.7. The average molecular weight is 297 g/mol. The standard InChI is InChI=1S/C14H21BrN2/c1-14(2)7-3-9-17(14)13-10-12(15)5-4-11(13)6-8-16/h4-5,10H,3,6-9,16H2,1-2H3. The zero-order chi connectivity index (χ0) is 12.5. The summed E-state index contributed by atoms with van der Waals surface area (Å²) in [7, 11) is 0. The molecule has 0 spiro atoms. The largest absolute Gasteiger partial charge is 0.366 e. The molecule has 0 amide bonds. The minimum Gasteiger partial charge on any atom is -0.366 e. The molecule has 0 aromatic heterocycles. The Morgan fingerprint density at radius 1 is 1.41 bits per heavy atom. The molecule has 17 heavy (non-hydrogen) atoms. The highest BCUT2D eigenvalue weighted by Gasteiger charge is 2.32. The first-order chi connectivity index (χ1) is 8.04. The van der Waals surface area contributed by atoms with Crippen molar-refractivity contribution in [2.75, 3.05) is 18.0 Å². The zero-order valence-corrected chi connectivity index (χ0v) is 12.3. The molecule has 1 fully saturated rings. The van der Waals surface area contributed by atoms with E-state index in [1.165, 1.54) is 24.1 Å². The van der Waals surface area contributed by atoms with Crippen molar-refractivity contribution in [3.63, 3.8) is 0 Å². The first-order valence-electron chi connectivity index (χ1n) is 6.31. The molecule has 94 valence electrons. The molecule has 0 radical (unpaired) electrons. The summed E-state index contributed by atoms with van der Waals surface area (Å²) < 4.78 is 1.15. The minimum atomic E-state index is 0.268. The molecule has 0 bridgehead atoms. The molecule has 0 unspecified atom stereocenters. The highest BCUT2D eigenvalue weighted by Crippen LogP contribution is 2.36. The molecular formula is C14H21BrN2. The van der Waals surface area contributed by atoms with Crippen LogP contribution in [-0.4, -0.2) is 18.6 Å². The van der Waals surface area contributed by atoms with Crippen LogP contribution in [-0.2, 0) is 6.42 Å². The van der Waals surface area contributed by atoms with Crippen molar-refractivity contribution in [2.24, 2.45) is 5.73 Å². The third-order valence-corrected chi connectivity index (χ3v) is 4.15. The number of nitrogens with zero attached hydrogens (tertiary/aromatic N) is 1. The minimum absolute atomic E-state index is 0.268. The predicted molar refractivity (Wildman–Crippen MR) is 77.6 cm³/mol. The van der Waals surface area contributed by atoms with E-state index in [1.807, 2.05) is 0 Å². The maximum absolute atomic E-state index is 5.70. The first-order valence-corrected chi connectivity index (χ1v) is 7.10. The fraction of sp³-hybridized carbons (Fsp3) is 0.571. The van der Waals surface area contributed by atoms with E-state index >= 15 is 0 Å². The highest BCUT2D eigenvalue weighted by atomic mass is 79.9. The van der Waals surface area contributed by atoms with Crippen molar-refractivity contribution in [1.29, 1.82) is 0 Å². The Balaban J connectivity index is 2.39. The lowest BCUT2D eigenvalue weighted by Gasteiger charge is -2.35. The van der Waals surface area contributed by atoms with E-state index in [-0.39, 0.29) is 5.54 Å². The van der Waals surface area contributed by atoms with Crippen LogP contribution in [0.2, 0.25) is 0 Å². The second kappa shape index (κ2) is 4.99. The highest BCUT2D eigenvalue weighted by molar-refractivity contribution is 9.10. The van der Waals surface area contributed by atoms with Crippen LogP contribution in [0.3, 0.4) is 0 Å². The van der Waals surface area contributed by atoms with E-state index in [4.69, 9.17) is 5.73 Å². The van der Waals surface area contributed by atoms with E-state index in [9.17, 15) is 0 Å². The summed E-state index contributed by atoms with van der Waals surface area (Å²) >= 11 is 3.57. The summed E-state index contributed by atoms with van der Waals surface area (Å²) in [6, 6.07) is 6.54. The van der Waals surface area contributed by atoms with E-state index in [2.05, 4.69) is 52.9 Å². The number of hydrogen-bond acceptors (Lipinski definition) is 2. The second-order valence-corrected chi connectivity index (χ2v) is 6.30. The molecule has 0 aliphatic carbocycles. The van der Waals surface area contributed by atoms with Gasteiger partial charge in [0.2, 0.25) is 0 Å². The van der Waals surface area contributed by atoms with E-state index in [1.54, 1.807) is 0 Å². The molecule has 1 saturated heterocycles. The van der Waals surface area contributed by atoms with Gasteiger partial charge in [0, 0.05) is 22.2 Å². The Labute approximate surface area is 112 Å². The van der Waals surface area contributed by atoms with Crippen molar-refractivity contribution in [2.45, 2.75) is 38.6 Å². The Hall–Kier alpha value is -0.540. The van der Waals surface area contributed by atoms with Gasteiger partial charge < -0.3 is 10.6 Å². The fourth-order valence-electron chi connectivity index (χ4n) is 2.71. The van der Waals surface area contributed by atoms with Gasteiger partial charge in [-0.25, -0.2) is 0 Å². The summed E-state index contributed by atoms with van der Waals surface area (Å²) in [6.45, 7) is 6.52. The third kappa shape index (κ3) is 2.66. The van der Waals surface area contributed by atoms with E-state index in [0.717, 1.165) is 17.4 Å². The fourth-order valence-corrected chi connectivity index (χ4v) is 3.06. The van der Waals surface area contributed by atoms with Gasteiger partial charge >= 0.3 is 0 Å². The molecular weight excluding hydrogens is 276 g/mol. The Morgan fingerprint density at radius 2 is 2.18 bits per heavy atom. The van der Waals surface area contributed by atoms with Gasteiger partial charge in [-0.15, -0.1) is 0 Å². The molecule has 0 saturated carbocycles. The Kier molecular flexibility index (Phi) is 3.79. The van der Waals surface area contributed by atoms with Crippen LogP contribution in [0, 0.1) is 0 Å². The number of benzene rings is 1. The van der Waals surface area contributed by atoms with Gasteiger partial charge in [0.25, 0.3) is 0 Å². The quantitative estimate of drug-likeness (QED) is 0.927. The molecule has 1 aliphatic rings. The monoisotopic (exact) mass is 296 g/mol. The molecule has 2 nitrogen and oxygen atoms in total. The smallest absolute Gasteiger partial charge is 0.0415 e. The van der Waals surface area contributed by atoms with Crippen LogP contribution >= 0.6 is 15.9 Å². The number of halogens is 1. The van der Waals surface area contributed by atoms with Crippen LogP contribution in [0.5, 0.6) is 0 Å². The van der Waals surface area contributed by atoms with Crippen LogP contribution in [0.15, 0.2) is 22.7 Å². The van der Waals surface area contributed by atoms with Gasteiger partial charge in [0.1, 0.15) is 0 Å². The molecule has 1 aromatic carbocycles. The van der Waals surface area contributed by atoms with Crippen LogP contribution in [0.25, 0.3) is 0 Å². The molecule has 2 rings (SSSR count). The van der Waals surface area contributed by atoms with E-state index in [0.29, 0.717) is 6.54 Å². The number of hydrogen-bond donors (Lipinski definition) is 1. The lowest BCUT2D eigenvalue weighted by Crippen LogP contribution is -2.38. The van der Waals surface area contributed by atoms with Crippen molar-refractivity contribution in [3.8, 4) is 0 Å². The molecule has 0 atom stereocenters. The topological polar surface area (TPSA) is 29.3 Å². The Bertz CT molecular complexity index is 401.